The molecule has 1 heteroatoms. The van der Waals surface area contributed by atoms with E-state index in [0.29, 0.717) is 6.54 Å². The molecule has 2 N–H and O–H groups in total. The molecule has 10 heavy (non-hydrogen) atoms. The predicted octanol–water partition coefficient (Wildman–Crippen LogP) is 1.66. The third-order valence-corrected chi connectivity index (χ3v) is 1.25. The Hall–Kier alpha value is -1.08. The summed E-state index contributed by atoms with van der Waals surface area (Å²) in [5.41, 5.74) is 6.49. The van der Waals surface area contributed by atoms with E-state index in [9.17, 15) is 0 Å². The minimum Gasteiger partial charge on any atom is -0.327 e. The smallest absolute Gasteiger partial charge is 0.0110 e. The van der Waals surface area contributed by atoms with E-state index < -0.39 is 0 Å². The van der Waals surface area contributed by atoms with E-state index >= 15 is 0 Å². The van der Waals surface area contributed by atoms with Crippen LogP contribution in [0.4, 0.5) is 0 Å². The molecule has 0 aliphatic heterocycles. The standard InChI is InChI=1S/C9H11N/c10-8-4-7-9-5-2-1-3-6-9/h1-7H,8,10H2/b7-4-. The van der Waals surface area contributed by atoms with Crippen molar-refractivity contribution in [3.8, 4) is 0 Å². The molecule has 0 atom stereocenters. The van der Waals surface area contributed by atoms with Gasteiger partial charge in [-0.3, -0.25) is 0 Å². The lowest BCUT2D eigenvalue weighted by Gasteiger charge is -1.88. The second-order valence-electron chi connectivity index (χ2n) is 2.05. The molecule has 0 aromatic heterocycles. The maximum Gasteiger partial charge on any atom is 0.0110 e. The van der Waals surface area contributed by atoms with Crippen molar-refractivity contribution in [1.29, 1.82) is 0 Å². The Morgan fingerprint density at radius 3 is 2.50 bits per heavy atom. The van der Waals surface area contributed by atoms with Crippen LogP contribution in [0.25, 0.3) is 6.08 Å². The maximum atomic E-state index is 5.29. The number of rotatable bonds is 2. The van der Waals surface area contributed by atoms with Gasteiger partial charge in [-0.15, -0.1) is 0 Å². The Bertz CT molecular complexity index is 201. The van der Waals surface area contributed by atoms with Crippen molar-refractivity contribution in [2.45, 2.75) is 0 Å². The van der Waals surface area contributed by atoms with Crippen LogP contribution in [-0.4, -0.2) is 6.54 Å². The van der Waals surface area contributed by atoms with Crippen LogP contribution in [0.15, 0.2) is 36.4 Å². The minimum atomic E-state index is 0.606. The van der Waals surface area contributed by atoms with Gasteiger partial charge in [0.1, 0.15) is 0 Å². The van der Waals surface area contributed by atoms with Gasteiger partial charge in [0, 0.05) is 6.54 Å². The fourth-order valence-corrected chi connectivity index (χ4v) is 0.768. The van der Waals surface area contributed by atoms with E-state index in [4.69, 9.17) is 5.73 Å². The predicted molar refractivity (Wildman–Crippen MR) is 44.5 cm³/mol. The highest BCUT2D eigenvalue weighted by atomic mass is 14.5. The SMILES string of the molecule is NC/C=C\c1ccccc1. The van der Waals surface area contributed by atoms with Gasteiger partial charge in [-0.05, 0) is 5.56 Å². The summed E-state index contributed by atoms with van der Waals surface area (Å²) in [5, 5.41) is 0. The zero-order valence-corrected chi connectivity index (χ0v) is 5.83. The van der Waals surface area contributed by atoms with E-state index in [0.717, 1.165) is 0 Å². The molecule has 0 radical (unpaired) electrons. The topological polar surface area (TPSA) is 26.0 Å². The zero-order valence-electron chi connectivity index (χ0n) is 5.83. The van der Waals surface area contributed by atoms with E-state index in [1.54, 1.807) is 0 Å². The molecule has 0 saturated carbocycles. The highest BCUT2D eigenvalue weighted by molar-refractivity contribution is 5.48. The molecule has 0 spiro atoms. The van der Waals surface area contributed by atoms with Crippen molar-refractivity contribution in [3.05, 3.63) is 42.0 Å². The highest BCUT2D eigenvalue weighted by Gasteiger charge is 1.79. The molecule has 1 rings (SSSR count). The van der Waals surface area contributed by atoms with Gasteiger partial charge < -0.3 is 5.73 Å². The van der Waals surface area contributed by atoms with Crippen LogP contribution in [0.2, 0.25) is 0 Å². The molecule has 1 aromatic rings. The Balaban J connectivity index is 2.67. The summed E-state index contributed by atoms with van der Waals surface area (Å²) in [4.78, 5) is 0. The van der Waals surface area contributed by atoms with Gasteiger partial charge in [-0.25, -0.2) is 0 Å². The lowest BCUT2D eigenvalue weighted by Crippen LogP contribution is -1.91. The largest absolute Gasteiger partial charge is 0.327 e. The molecule has 0 fully saturated rings. The first-order valence-electron chi connectivity index (χ1n) is 3.35. The molecule has 0 saturated heterocycles. The molecule has 0 aliphatic rings. The first-order valence-corrected chi connectivity index (χ1v) is 3.35. The maximum absolute atomic E-state index is 5.29. The van der Waals surface area contributed by atoms with Crippen LogP contribution < -0.4 is 5.73 Å². The average molecular weight is 133 g/mol. The summed E-state index contributed by atoms with van der Waals surface area (Å²) in [6.07, 6.45) is 3.95. The molecular formula is C9H11N. The van der Waals surface area contributed by atoms with Gasteiger partial charge in [0.05, 0.1) is 0 Å². The van der Waals surface area contributed by atoms with Crippen molar-refractivity contribution >= 4 is 6.08 Å². The number of nitrogens with two attached hydrogens (primary N) is 1. The quantitative estimate of drug-likeness (QED) is 0.652. The highest BCUT2D eigenvalue weighted by Crippen LogP contribution is 1.99. The number of hydrogen-bond acceptors (Lipinski definition) is 1. The second-order valence-corrected chi connectivity index (χ2v) is 2.05. The molecule has 0 unspecified atom stereocenters. The van der Waals surface area contributed by atoms with Crippen molar-refractivity contribution in [2.24, 2.45) is 5.73 Å². The summed E-state index contributed by atoms with van der Waals surface area (Å²) in [6.45, 7) is 0.606. The molecular weight excluding hydrogens is 122 g/mol. The molecule has 0 heterocycles. The van der Waals surface area contributed by atoms with Crippen molar-refractivity contribution < 1.29 is 0 Å². The molecule has 0 aliphatic carbocycles. The zero-order chi connectivity index (χ0) is 7.23. The van der Waals surface area contributed by atoms with Gasteiger partial charge in [0.25, 0.3) is 0 Å². The van der Waals surface area contributed by atoms with E-state index in [-0.39, 0.29) is 0 Å². The van der Waals surface area contributed by atoms with Crippen molar-refractivity contribution in [2.75, 3.05) is 6.54 Å². The Kier molecular flexibility index (Phi) is 2.71. The molecule has 0 amide bonds. The summed E-state index contributed by atoms with van der Waals surface area (Å²) in [7, 11) is 0. The molecule has 1 aromatic carbocycles. The fourth-order valence-electron chi connectivity index (χ4n) is 0.768. The van der Waals surface area contributed by atoms with Crippen molar-refractivity contribution in [3.63, 3.8) is 0 Å². The van der Waals surface area contributed by atoms with E-state index in [2.05, 4.69) is 0 Å². The molecule has 52 valence electrons. The van der Waals surface area contributed by atoms with E-state index in [1.807, 2.05) is 42.5 Å². The van der Waals surface area contributed by atoms with Gasteiger partial charge in [0.15, 0.2) is 0 Å². The Morgan fingerprint density at radius 1 is 1.20 bits per heavy atom. The normalized spacial score (nSPS) is 10.5. The minimum absolute atomic E-state index is 0.606. The Morgan fingerprint density at radius 2 is 1.90 bits per heavy atom. The van der Waals surface area contributed by atoms with Crippen LogP contribution in [0.3, 0.4) is 0 Å². The third kappa shape index (κ3) is 2.03. The molecule has 0 bridgehead atoms. The Labute approximate surface area is 61.2 Å². The second kappa shape index (κ2) is 3.85. The van der Waals surface area contributed by atoms with Crippen LogP contribution >= 0.6 is 0 Å². The van der Waals surface area contributed by atoms with Crippen LogP contribution in [0, 0.1) is 0 Å². The van der Waals surface area contributed by atoms with Crippen LogP contribution in [0.1, 0.15) is 5.56 Å². The summed E-state index contributed by atoms with van der Waals surface area (Å²) >= 11 is 0. The monoisotopic (exact) mass is 133 g/mol. The van der Waals surface area contributed by atoms with Gasteiger partial charge in [0.2, 0.25) is 0 Å². The number of hydrogen-bond donors (Lipinski definition) is 1. The molecule has 1 nitrogen and oxygen atoms in total. The fraction of sp³-hybridized carbons (Fsp3) is 0.111. The van der Waals surface area contributed by atoms with Crippen LogP contribution in [-0.2, 0) is 0 Å². The van der Waals surface area contributed by atoms with Gasteiger partial charge in [-0.1, -0.05) is 42.5 Å². The average Bonchev–Trinajstić information content (AvgIpc) is 2.03. The van der Waals surface area contributed by atoms with Crippen molar-refractivity contribution in [1.82, 2.24) is 0 Å². The summed E-state index contributed by atoms with van der Waals surface area (Å²) < 4.78 is 0. The first-order chi connectivity index (χ1) is 4.93. The third-order valence-electron chi connectivity index (χ3n) is 1.25. The number of benzene rings is 1. The first kappa shape index (κ1) is 7.03. The lowest BCUT2D eigenvalue weighted by molar-refractivity contribution is 1.26. The summed E-state index contributed by atoms with van der Waals surface area (Å²) in [6, 6.07) is 10.1. The van der Waals surface area contributed by atoms with Gasteiger partial charge in [-0.2, -0.15) is 0 Å². The van der Waals surface area contributed by atoms with E-state index in [1.165, 1.54) is 5.56 Å². The van der Waals surface area contributed by atoms with Gasteiger partial charge >= 0.3 is 0 Å². The lowest BCUT2D eigenvalue weighted by atomic mass is 10.2. The summed E-state index contributed by atoms with van der Waals surface area (Å²) in [5.74, 6) is 0. The van der Waals surface area contributed by atoms with Crippen LogP contribution in [0.5, 0.6) is 0 Å².